The standard InChI is InChI=1S/C21H26N2O4/c1-5-18(27-17-9-6-14(2)7-10-17)21(25)23-22-20(24)13-26-19-11-8-15(3)12-16(19)4/h6-12,18H,5,13H2,1-4H3,(H,22,24)(H,23,25). The Morgan fingerprint density at radius 3 is 2.26 bits per heavy atom. The topological polar surface area (TPSA) is 76.7 Å². The highest BCUT2D eigenvalue weighted by Crippen LogP contribution is 2.18. The summed E-state index contributed by atoms with van der Waals surface area (Å²) in [6.45, 7) is 7.52. The highest BCUT2D eigenvalue weighted by Gasteiger charge is 2.19. The second kappa shape index (κ2) is 9.62. The molecule has 0 fully saturated rings. The summed E-state index contributed by atoms with van der Waals surface area (Å²) < 4.78 is 11.2. The first-order valence-electron chi connectivity index (χ1n) is 8.91. The summed E-state index contributed by atoms with van der Waals surface area (Å²) in [6, 6.07) is 13.1. The van der Waals surface area contributed by atoms with E-state index >= 15 is 0 Å². The van der Waals surface area contributed by atoms with Gasteiger partial charge in [-0.2, -0.15) is 0 Å². The van der Waals surface area contributed by atoms with Gasteiger partial charge in [-0.1, -0.05) is 42.3 Å². The van der Waals surface area contributed by atoms with E-state index < -0.39 is 17.9 Å². The fraction of sp³-hybridized carbons (Fsp3) is 0.333. The Morgan fingerprint density at radius 2 is 1.63 bits per heavy atom. The smallest absolute Gasteiger partial charge is 0.279 e. The van der Waals surface area contributed by atoms with Gasteiger partial charge in [0.1, 0.15) is 11.5 Å². The number of amides is 2. The normalized spacial score (nSPS) is 11.4. The zero-order valence-corrected chi connectivity index (χ0v) is 16.2. The van der Waals surface area contributed by atoms with Crippen LogP contribution in [-0.4, -0.2) is 24.5 Å². The minimum absolute atomic E-state index is 0.195. The number of benzene rings is 2. The zero-order chi connectivity index (χ0) is 19.8. The number of aryl methyl sites for hydroxylation is 3. The Labute approximate surface area is 159 Å². The number of carbonyl (C=O) groups excluding carboxylic acids is 2. The maximum absolute atomic E-state index is 12.2. The fourth-order valence-corrected chi connectivity index (χ4v) is 2.46. The number of ether oxygens (including phenoxy) is 2. The molecule has 6 heteroatoms. The van der Waals surface area contributed by atoms with Crippen molar-refractivity contribution in [3.8, 4) is 11.5 Å². The van der Waals surface area contributed by atoms with Crippen molar-refractivity contribution in [2.24, 2.45) is 0 Å². The van der Waals surface area contributed by atoms with E-state index in [0.717, 1.165) is 16.7 Å². The Morgan fingerprint density at radius 1 is 0.963 bits per heavy atom. The molecule has 0 radical (unpaired) electrons. The lowest BCUT2D eigenvalue weighted by atomic mass is 10.1. The number of hydrogen-bond acceptors (Lipinski definition) is 4. The predicted molar refractivity (Wildman–Crippen MR) is 104 cm³/mol. The molecule has 0 heterocycles. The average molecular weight is 370 g/mol. The van der Waals surface area contributed by atoms with Crippen LogP contribution in [0, 0.1) is 20.8 Å². The predicted octanol–water partition coefficient (Wildman–Crippen LogP) is 3.00. The van der Waals surface area contributed by atoms with Crippen LogP contribution in [-0.2, 0) is 9.59 Å². The molecule has 0 spiro atoms. The molecule has 2 N–H and O–H groups in total. The summed E-state index contributed by atoms with van der Waals surface area (Å²) in [5.41, 5.74) is 7.91. The molecule has 1 atom stereocenters. The van der Waals surface area contributed by atoms with Crippen molar-refractivity contribution in [3.63, 3.8) is 0 Å². The lowest BCUT2D eigenvalue weighted by Gasteiger charge is -2.18. The Balaban J connectivity index is 1.80. The van der Waals surface area contributed by atoms with Crippen LogP contribution in [0.15, 0.2) is 42.5 Å². The van der Waals surface area contributed by atoms with E-state index in [1.807, 2.05) is 70.2 Å². The van der Waals surface area contributed by atoms with E-state index in [1.54, 1.807) is 0 Å². The van der Waals surface area contributed by atoms with Crippen molar-refractivity contribution < 1.29 is 19.1 Å². The molecule has 0 saturated carbocycles. The maximum Gasteiger partial charge on any atom is 0.279 e. The molecular weight excluding hydrogens is 344 g/mol. The average Bonchev–Trinajstić information content (AvgIpc) is 2.65. The third-order valence-corrected chi connectivity index (χ3v) is 3.98. The molecule has 1 unspecified atom stereocenters. The lowest BCUT2D eigenvalue weighted by Crippen LogP contribution is -2.49. The molecule has 27 heavy (non-hydrogen) atoms. The molecule has 2 rings (SSSR count). The minimum Gasteiger partial charge on any atom is -0.483 e. The molecular formula is C21H26N2O4. The second-order valence-electron chi connectivity index (χ2n) is 6.42. The van der Waals surface area contributed by atoms with Gasteiger partial charge in [0, 0.05) is 0 Å². The van der Waals surface area contributed by atoms with Crippen LogP contribution in [0.4, 0.5) is 0 Å². The summed E-state index contributed by atoms with van der Waals surface area (Å²) in [5.74, 6) is 0.370. The van der Waals surface area contributed by atoms with E-state index in [4.69, 9.17) is 9.47 Å². The molecule has 0 aliphatic carbocycles. The van der Waals surface area contributed by atoms with Crippen LogP contribution in [0.3, 0.4) is 0 Å². The summed E-state index contributed by atoms with van der Waals surface area (Å²) in [6.07, 6.45) is -0.234. The number of hydrazine groups is 1. The van der Waals surface area contributed by atoms with Gasteiger partial charge < -0.3 is 9.47 Å². The Kier molecular flexibility index (Phi) is 7.23. The Hall–Kier alpha value is -3.02. The van der Waals surface area contributed by atoms with Gasteiger partial charge >= 0.3 is 0 Å². The van der Waals surface area contributed by atoms with E-state index in [2.05, 4.69) is 10.9 Å². The van der Waals surface area contributed by atoms with Crippen LogP contribution < -0.4 is 20.3 Å². The monoisotopic (exact) mass is 370 g/mol. The molecule has 2 aromatic carbocycles. The van der Waals surface area contributed by atoms with Crippen LogP contribution >= 0.6 is 0 Å². The zero-order valence-electron chi connectivity index (χ0n) is 16.2. The van der Waals surface area contributed by atoms with E-state index in [9.17, 15) is 9.59 Å². The van der Waals surface area contributed by atoms with Gasteiger partial charge in [-0.05, 0) is 51.0 Å². The summed E-state index contributed by atoms with van der Waals surface area (Å²) in [4.78, 5) is 24.1. The van der Waals surface area contributed by atoms with Crippen LogP contribution in [0.2, 0.25) is 0 Å². The molecule has 0 aromatic heterocycles. The van der Waals surface area contributed by atoms with Gasteiger partial charge in [-0.3, -0.25) is 20.4 Å². The molecule has 6 nitrogen and oxygen atoms in total. The van der Waals surface area contributed by atoms with Crippen LogP contribution in [0.5, 0.6) is 11.5 Å². The highest BCUT2D eigenvalue weighted by molar-refractivity contribution is 5.85. The number of hydrogen-bond donors (Lipinski definition) is 2. The summed E-state index contributed by atoms with van der Waals surface area (Å²) in [5, 5.41) is 0. The summed E-state index contributed by atoms with van der Waals surface area (Å²) >= 11 is 0. The Bertz CT molecular complexity index is 787. The number of nitrogens with one attached hydrogen (secondary N) is 2. The van der Waals surface area contributed by atoms with Crippen molar-refractivity contribution in [2.45, 2.75) is 40.2 Å². The van der Waals surface area contributed by atoms with Gasteiger partial charge in [0.05, 0.1) is 0 Å². The molecule has 0 aliphatic rings. The first kappa shape index (κ1) is 20.3. The third kappa shape index (κ3) is 6.33. The van der Waals surface area contributed by atoms with Crippen LogP contribution in [0.1, 0.15) is 30.0 Å². The van der Waals surface area contributed by atoms with Crippen molar-refractivity contribution in [1.82, 2.24) is 10.9 Å². The number of carbonyl (C=O) groups is 2. The SMILES string of the molecule is CCC(Oc1ccc(C)cc1)C(=O)NNC(=O)COc1ccc(C)cc1C. The van der Waals surface area contributed by atoms with Gasteiger partial charge in [0.25, 0.3) is 11.8 Å². The molecule has 144 valence electrons. The first-order valence-corrected chi connectivity index (χ1v) is 8.91. The van der Waals surface area contributed by atoms with Gasteiger partial charge in [-0.15, -0.1) is 0 Å². The third-order valence-electron chi connectivity index (χ3n) is 3.98. The lowest BCUT2D eigenvalue weighted by molar-refractivity contribution is -0.134. The largest absolute Gasteiger partial charge is 0.483 e. The van der Waals surface area contributed by atoms with Gasteiger partial charge in [0.2, 0.25) is 0 Å². The van der Waals surface area contributed by atoms with Crippen molar-refractivity contribution >= 4 is 11.8 Å². The van der Waals surface area contributed by atoms with E-state index in [1.165, 1.54) is 0 Å². The quantitative estimate of drug-likeness (QED) is 0.735. The molecule has 0 bridgehead atoms. The van der Waals surface area contributed by atoms with Crippen LogP contribution in [0.25, 0.3) is 0 Å². The molecule has 2 aromatic rings. The molecule has 2 amide bonds. The van der Waals surface area contributed by atoms with Crippen molar-refractivity contribution in [3.05, 3.63) is 59.2 Å². The van der Waals surface area contributed by atoms with Crippen molar-refractivity contribution in [2.75, 3.05) is 6.61 Å². The highest BCUT2D eigenvalue weighted by atomic mass is 16.5. The van der Waals surface area contributed by atoms with Gasteiger partial charge in [-0.25, -0.2) is 0 Å². The molecule has 0 aliphatic heterocycles. The first-order chi connectivity index (χ1) is 12.9. The number of rotatable bonds is 7. The fourth-order valence-electron chi connectivity index (χ4n) is 2.46. The molecule has 0 saturated heterocycles. The van der Waals surface area contributed by atoms with E-state index in [0.29, 0.717) is 17.9 Å². The summed E-state index contributed by atoms with van der Waals surface area (Å²) in [7, 11) is 0. The van der Waals surface area contributed by atoms with Gasteiger partial charge in [0.15, 0.2) is 12.7 Å². The van der Waals surface area contributed by atoms with E-state index in [-0.39, 0.29) is 6.61 Å². The maximum atomic E-state index is 12.2. The second-order valence-corrected chi connectivity index (χ2v) is 6.42. The van der Waals surface area contributed by atoms with Crippen molar-refractivity contribution in [1.29, 1.82) is 0 Å². The minimum atomic E-state index is -0.701.